The van der Waals surface area contributed by atoms with Crippen LogP contribution in [0.15, 0.2) is 23.2 Å². The summed E-state index contributed by atoms with van der Waals surface area (Å²) >= 11 is 0. The molecule has 1 unspecified atom stereocenters. The van der Waals surface area contributed by atoms with Crippen molar-refractivity contribution in [2.45, 2.75) is 64.2 Å². The SMILES string of the molecule is CCNC(=NCc1ccc(OC)c(OC2CCCC2)c1)NCCCOC1CCOC1. The third-order valence-corrected chi connectivity index (χ3v) is 5.44. The molecule has 1 aromatic rings. The molecule has 3 rings (SSSR count). The van der Waals surface area contributed by atoms with E-state index in [0.717, 1.165) is 81.6 Å². The summed E-state index contributed by atoms with van der Waals surface area (Å²) in [5.74, 6) is 2.42. The van der Waals surface area contributed by atoms with Gasteiger partial charge < -0.3 is 29.6 Å². The van der Waals surface area contributed by atoms with Gasteiger partial charge in [0.1, 0.15) is 0 Å². The number of hydrogen-bond donors (Lipinski definition) is 2. The number of aliphatic imine (C=N–C) groups is 1. The van der Waals surface area contributed by atoms with Gasteiger partial charge in [-0.2, -0.15) is 0 Å². The van der Waals surface area contributed by atoms with Crippen LogP contribution in [-0.2, 0) is 16.0 Å². The van der Waals surface area contributed by atoms with Crippen molar-refractivity contribution in [3.05, 3.63) is 23.8 Å². The van der Waals surface area contributed by atoms with E-state index in [1.165, 1.54) is 12.8 Å². The topological polar surface area (TPSA) is 73.3 Å². The second-order valence-electron chi connectivity index (χ2n) is 7.84. The Hall–Kier alpha value is -1.99. The second-order valence-corrected chi connectivity index (χ2v) is 7.84. The van der Waals surface area contributed by atoms with Gasteiger partial charge in [0.25, 0.3) is 0 Å². The van der Waals surface area contributed by atoms with Crippen molar-refractivity contribution >= 4 is 5.96 Å². The van der Waals surface area contributed by atoms with Crippen LogP contribution in [0.3, 0.4) is 0 Å². The van der Waals surface area contributed by atoms with Crippen LogP contribution >= 0.6 is 0 Å². The van der Waals surface area contributed by atoms with Crippen LogP contribution in [0.5, 0.6) is 11.5 Å². The fourth-order valence-corrected chi connectivity index (χ4v) is 3.78. The molecule has 7 nitrogen and oxygen atoms in total. The standard InChI is InChI=1S/C23H37N3O4/c1-3-24-23(25-12-6-13-29-20-11-14-28-17-20)26-16-18-9-10-21(27-2)22(15-18)30-19-7-4-5-8-19/h9-10,15,19-20H,3-8,11-14,16-17H2,1-2H3,(H2,24,25,26). The lowest BCUT2D eigenvalue weighted by Crippen LogP contribution is -2.38. The molecule has 0 aromatic heterocycles. The van der Waals surface area contributed by atoms with Gasteiger partial charge in [0.15, 0.2) is 17.5 Å². The highest BCUT2D eigenvalue weighted by Crippen LogP contribution is 2.32. The van der Waals surface area contributed by atoms with Crippen LogP contribution < -0.4 is 20.1 Å². The summed E-state index contributed by atoms with van der Waals surface area (Å²) in [5, 5.41) is 6.69. The van der Waals surface area contributed by atoms with Crippen molar-refractivity contribution in [1.29, 1.82) is 0 Å². The van der Waals surface area contributed by atoms with Gasteiger partial charge in [-0.25, -0.2) is 4.99 Å². The highest BCUT2D eigenvalue weighted by Gasteiger charge is 2.18. The molecule has 1 aliphatic heterocycles. The van der Waals surface area contributed by atoms with E-state index in [1.54, 1.807) is 7.11 Å². The Balaban J connectivity index is 1.48. The number of rotatable bonds is 11. The summed E-state index contributed by atoms with van der Waals surface area (Å²) < 4.78 is 22.8. The van der Waals surface area contributed by atoms with Gasteiger partial charge in [-0.3, -0.25) is 0 Å². The summed E-state index contributed by atoms with van der Waals surface area (Å²) in [5.41, 5.74) is 1.10. The molecule has 0 radical (unpaired) electrons. The summed E-state index contributed by atoms with van der Waals surface area (Å²) in [6.45, 7) is 6.57. The number of hydrogen-bond acceptors (Lipinski definition) is 5. The lowest BCUT2D eigenvalue weighted by Gasteiger charge is -2.17. The molecule has 168 valence electrons. The lowest BCUT2D eigenvalue weighted by molar-refractivity contribution is 0.0420. The maximum atomic E-state index is 6.20. The predicted octanol–water partition coefficient (Wildman–Crippen LogP) is 3.27. The minimum atomic E-state index is 0.266. The monoisotopic (exact) mass is 419 g/mol. The number of guanidine groups is 1. The van der Waals surface area contributed by atoms with Crippen molar-refractivity contribution in [1.82, 2.24) is 10.6 Å². The van der Waals surface area contributed by atoms with E-state index in [2.05, 4.69) is 23.6 Å². The Morgan fingerprint density at radius 3 is 2.73 bits per heavy atom. The molecule has 1 heterocycles. The van der Waals surface area contributed by atoms with Gasteiger partial charge in [0, 0.05) is 26.3 Å². The number of ether oxygens (including phenoxy) is 4. The molecule has 1 atom stereocenters. The molecule has 2 fully saturated rings. The molecule has 0 amide bonds. The first-order chi connectivity index (χ1) is 14.8. The second kappa shape index (κ2) is 12.6. The Morgan fingerprint density at radius 1 is 1.13 bits per heavy atom. The molecule has 1 aliphatic carbocycles. The van der Waals surface area contributed by atoms with E-state index in [4.69, 9.17) is 23.9 Å². The first kappa shape index (κ1) is 22.7. The van der Waals surface area contributed by atoms with Gasteiger partial charge >= 0.3 is 0 Å². The van der Waals surface area contributed by atoms with Gasteiger partial charge in [0.2, 0.25) is 0 Å². The lowest BCUT2D eigenvalue weighted by atomic mass is 10.2. The third-order valence-electron chi connectivity index (χ3n) is 5.44. The maximum Gasteiger partial charge on any atom is 0.191 e. The number of benzene rings is 1. The molecule has 2 aliphatic rings. The molecule has 1 saturated heterocycles. The summed E-state index contributed by atoms with van der Waals surface area (Å²) in [6, 6.07) is 6.08. The molecule has 30 heavy (non-hydrogen) atoms. The van der Waals surface area contributed by atoms with Crippen LogP contribution in [0.25, 0.3) is 0 Å². The molecule has 1 aromatic carbocycles. The van der Waals surface area contributed by atoms with Crippen LogP contribution in [0.1, 0.15) is 51.0 Å². The number of nitrogens with one attached hydrogen (secondary N) is 2. The molecule has 2 N–H and O–H groups in total. The Bertz CT molecular complexity index is 656. The quantitative estimate of drug-likeness (QED) is 0.326. The van der Waals surface area contributed by atoms with E-state index in [0.29, 0.717) is 12.6 Å². The fourth-order valence-electron chi connectivity index (χ4n) is 3.78. The van der Waals surface area contributed by atoms with Crippen molar-refractivity contribution in [2.24, 2.45) is 4.99 Å². The van der Waals surface area contributed by atoms with Crippen molar-refractivity contribution in [3.8, 4) is 11.5 Å². The minimum Gasteiger partial charge on any atom is -0.493 e. The third kappa shape index (κ3) is 7.36. The van der Waals surface area contributed by atoms with Crippen LogP contribution in [0.2, 0.25) is 0 Å². The average molecular weight is 420 g/mol. The Labute approximate surface area is 180 Å². The van der Waals surface area contributed by atoms with Gasteiger partial charge in [-0.05, 0) is 63.1 Å². The van der Waals surface area contributed by atoms with E-state index in [9.17, 15) is 0 Å². The van der Waals surface area contributed by atoms with E-state index in [1.807, 2.05) is 12.1 Å². The first-order valence-electron chi connectivity index (χ1n) is 11.3. The summed E-state index contributed by atoms with van der Waals surface area (Å²) in [4.78, 5) is 4.72. The smallest absolute Gasteiger partial charge is 0.191 e. The first-order valence-corrected chi connectivity index (χ1v) is 11.3. The van der Waals surface area contributed by atoms with E-state index in [-0.39, 0.29) is 6.10 Å². The Kier molecular flexibility index (Phi) is 9.57. The average Bonchev–Trinajstić information content (AvgIpc) is 3.46. The van der Waals surface area contributed by atoms with Crippen LogP contribution in [-0.4, -0.2) is 58.2 Å². The molecule has 7 heteroatoms. The summed E-state index contributed by atoms with van der Waals surface area (Å²) in [6.07, 6.45) is 7.24. The van der Waals surface area contributed by atoms with Crippen LogP contribution in [0.4, 0.5) is 0 Å². The van der Waals surface area contributed by atoms with Gasteiger partial charge in [0.05, 0.1) is 32.5 Å². The van der Waals surface area contributed by atoms with Crippen molar-refractivity contribution < 1.29 is 18.9 Å². The Morgan fingerprint density at radius 2 is 2.00 bits per heavy atom. The zero-order valence-electron chi connectivity index (χ0n) is 18.5. The zero-order chi connectivity index (χ0) is 21.0. The molecular weight excluding hydrogens is 382 g/mol. The number of nitrogens with zero attached hydrogens (tertiary/aromatic N) is 1. The molecule has 0 bridgehead atoms. The zero-order valence-corrected chi connectivity index (χ0v) is 18.5. The van der Waals surface area contributed by atoms with E-state index < -0.39 is 0 Å². The van der Waals surface area contributed by atoms with Crippen molar-refractivity contribution in [2.75, 3.05) is 40.0 Å². The van der Waals surface area contributed by atoms with Crippen molar-refractivity contribution in [3.63, 3.8) is 0 Å². The fraction of sp³-hybridized carbons (Fsp3) is 0.696. The maximum absolute atomic E-state index is 6.20. The highest BCUT2D eigenvalue weighted by atomic mass is 16.5. The van der Waals surface area contributed by atoms with E-state index >= 15 is 0 Å². The normalized spacial score (nSPS) is 19.8. The summed E-state index contributed by atoms with van der Waals surface area (Å²) in [7, 11) is 1.69. The minimum absolute atomic E-state index is 0.266. The highest BCUT2D eigenvalue weighted by molar-refractivity contribution is 5.79. The molecule has 0 spiro atoms. The van der Waals surface area contributed by atoms with Gasteiger partial charge in [-0.1, -0.05) is 6.07 Å². The number of methoxy groups -OCH3 is 1. The molecular formula is C23H37N3O4. The predicted molar refractivity (Wildman–Crippen MR) is 118 cm³/mol. The largest absolute Gasteiger partial charge is 0.493 e. The van der Waals surface area contributed by atoms with Gasteiger partial charge in [-0.15, -0.1) is 0 Å². The van der Waals surface area contributed by atoms with Crippen LogP contribution in [0, 0.1) is 0 Å². The molecule has 1 saturated carbocycles.